The number of alkyl halides is 1. The van der Waals surface area contributed by atoms with Gasteiger partial charge in [0.15, 0.2) is 0 Å². The molecule has 0 spiro atoms. The van der Waals surface area contributed by atoms with Crippen molar-refractivity contribution in [1.82, 2.24) is 10.2 Å². The summed E-state index contributed by atoms with van der Waals surface area (Å²) >= 11 is 0. The van der Waals surface area contributed by atoms with Gasteiger partial charge in [-0.15, -0.1) is 0 Å². The maximum absolute atomic E-state index is 12.2. The van der Waals surface area contributed by atoms with Crippen LogP contribution < -0.4 is 5.32 Å². The highest BCUT2D eigenvalue weighted by Gasteiger charge is 2.25. The van der Waals surface area contributed by atoms with Crippen LogP contribution in [-0.2, 0) is 0 Å². The third-order valence-electron chi connectivity index (χ3n) is 2.12. The van der Waals surface area contributed by atoms with Crippen LogP contribution in [0.5, 0.6) is 0 Å². The third kappa shape index (κ3) is 2.09. The number of hydrogen-bond acceptors (Lipinski definition) is 1. The summed E-state index contributed by atoms with van der Waals surface area (Å²) in [5.41, 5.74) is 0. The molecule has 0 aliphatic carbocycles. The van der Waals surface area contributed by atoms with Crippen LogP contribution in [-0.4, -0.2) is 37.2 Å². The van der Waals surface area contributed by atoms with Gasteiger partial charge in [-0.1, -0.05) is 0 Å². The van der Waals surface area contributed by atoms with E-state index in [0.717, 1.165) is 6.42 Å². The standard InChI is InChI=1S/C8H15FN2O/c1-2-10-8(12)11-4-3-7(5-9)6-11/h7H,2-6H2,1H3,(H,10,12). The van der Waals surface area contributed by atoms with Gasteiger partial charge in [0.05, 0.1) is 6.67 Å². The molecule has 3 nitrogen and oxygen atoms in total. The normalized spacial score (nSPS) is 22.8. The highest BCUT2D eigenvalue weighted by molar-refractivity contribution is 5.74. The van der Waals surface area contributed by atoms with Crippen molar-refractivity contribution in [1.29, 1.82) is 0 Å². The van der Waals surface area contributed by atoms with E-state index >= 15 is 0 Å². The predicted octanol–water partition coefficient (Wildman–Crippen LogP) is 1.01. The molecule has 1 fully saturated rings. The van der Waals surface area contributed by atoms with E-state index in [4.69, 9.17) is 0 Å². The fraction of sp³-hybridized carbons (Fsp3) is 0.875. The lowest BCUT2D eigenvalue weighted by Crippen LogP contribution is -2.38. The quantitative estimate of drug-likeness (QED) is 0.665. The lowest BCUT2D eigenvalue weighted by Gasteiger charge is -2.15. The summed E-state index contributed by atoms with van der Waals surface area (Å²) < 4.78 is 12.2. The molecule has 0 aromatic heterocycles. The molecule has 1 unspecified atom stereocenters. The van der Waals surface area contributed by atoms with Crippen LogP contribution in [0.2, 0.25) is 0 Å². The van der Waals surface area contributed by atoms with Crippen molar-refractivity contribution in [3.05, 3.63) is 0 Å². The summed E-state index contributed by atoms with van der Waals surface area (Å²) in [6, 6.07) is -0.0616. The first-order chi connectivity index (χ1) is 5.77. The number of urea groups is 1. The number of halogens is 1. The van der Waals surface area contributed by atoms with Crippen molar-refractivity contribution < 1.29 is 9.18 Å². The molecule has 0 radical (unpaired) electrons. The van der Waals surface area contributed by atoms with Gasteiger partial charge in [0.1, 0.15) is 0 Å². The molecule has 2 amide bonds. The van der Waals surface area contributed by atoms with Gasteiger partial charge in [0.25, 0.3) is 0 Å². The summed E-state index contributed by atoms with van der Waals surface area (Å²) in [7, 11) is 0. The Labute approximate surface area is 71.9 Å². The first-order valence-corrected chi connectivity index (χ1v) is 4.36. The van der Waals surface area contributed by atoms with Gasteiger partial charge in [-0.2, -0.15) is 0 Å². The molecule has 12 heavy (non-hydrogen) atoms. The van der Waals surface area contributed by atoms with E-state index in [1.165, 1.54) is 0 Å². The van der Waals surface area contributed by atoms with E-state index in [-0.39, 0.29) is 18.6 Å². The Kier molecular flexibility index (Phi) is 3.31. The summed E-state index contributed by atoms with van der Waals surface area (Å²) in [6.07, 6.45) is 0.799. The molecule has 1 N–H and O–H groups in total. The van der Waals surface area contributed by atoms with E-state index in [2.05, 4.69) is 5.32 Å². The van der Waals surface area contributed by atoms with Crippen molar-refractivity contribution in [3.8, 4) is 0 Å². The summed E-state index contributed by atoms with van der Waals surface area (Å²) in [6.45, 7) is 3.47. The summed E-state index contributed by atoms with van der Waals surface area (Å²) in [5.74, 6) is 0.0626. The second-order valence-corrected chi connectivity index (χ2v) is 3.09. The first-order valence-electron chi connectivity index (χ1n) is 4.36. The van der Waals surface area contributed by atoms with E-state index < -0.39 is 0 Å². The Balaban J connectivity index is 2.31. The Morgan fingerprint density at radius 1 is 1.75 bits per heavy atom. The molecule has 1 rings (SSSR count). The molecular weight excluding hydrogens is 159 g/mol. The first kappa shape index (κ1) is 9.29. The van der Waals surface area contributed by atoms with E-state index in [1.807, 2.05) is 6.92 Å². The molecule has 0 aromatic rings. The third-order valence-corrected chi connectivity index (χ3v) is 2.12. The predicted molar refractivity (Wildman–Crippen MR) is 44.7 cm³/mol. The van der Waals surface area contributed by atoms with Crippen molar-refractivity contribution in [2.45, 2.75) is 13.3 Å². The van der Waals surface area contributed by atoms with Crippen LogP contribution in [0.25, 0.3) is 0 Å². The SMILES string of the molecule is CCNC(=O)N1CCC(CF)C1. The topological polar surface area (TPSA) is 32.3 Å². The highest BCUT2D eigenvalue weighted by atomic mass is 19.1. The molecule has 0 aromatic carbocycles. The number of carbonyl (C=O) groups excluding carboxylic acids is 1. The van der Waals surface area contributed by atoms with Crippen molar-refractivity contribution in [2.24, 2.45) is 5.92 Å². The second-order valence-electron chi connectivity index (χ2n) is 3.09. The van der Waals surface area contributed by atoms with Crippen LogP contribution in [0.15, 0.2) is 0 Å². The molecule has 0 bridgehead atoms. The Morgan fingerprint density at radius 2 is 2.50 bits per heavy atom. The highest BCUT2D eigenvalue weighted by Crippen LogP contribution is 2.15. The van der Waals surface area contributed by atoms with Crippen LogP contribution in [0.3, 0.4) is 0 Å². The molecule has 1 aliphatic heterocycles. The monoisotopic (exact) mass is 174 g/mol. The molecule has 1 atom stereocenters. The minimum atomic E-state index is -0.310. The molecule has 70 valence electrons. The molecule has 1 saturated heterocycles. The van der Waals surface area contributed by atoms with E-state index in [0.29, 0.717) is 19.6 Å². The molecule has 1 aliphatic rings. The lowest BCUT2D eigenvalue weighted by molar-refractivity contribution is 0.206. The smallest absolute Gasteiger partial charge is 0.317 e. The van der Waals surface area contributed by atoms with Gasteiger partial charge < -0.3 is 10.2 Å². The summed E-state index contributed by atoms with van der Waals surface area (Å²) in [5, 5.41) is 2.70. The fourth-order valence-electron chi connectivity index (χ4n) is 1.41. The van der Waals surface area contributed by atoms with Gasteiger partial charge in [-0.25, -0.2) is 4.79 Å². The average Bonchev–Trinajstić information content (AvgIpc) is 2.52. The van der Waals surface area contributed by atoms with Crippen molar-refractivity contribution in [3.63, 3.8) is 0 Å². The largest absolute Gasteiger partial charge is 0.338 e. The number of likely N-dealkylation sites (tertiary alicyclic amines) is 1. The van der Waals surface area contributed by atoms with Gasteiger partial charge >= 0.3 is 6.03 Å². The Bertz CT molecular complexity index is 163. The van der Waals surface area contributed by atoms with E-state index in [9.17, 15) is 9.18 Å². The average molecular weight is 174 g/mol. The molecular formula is C8H15FN2O. The zero-order valence-corrected chi connectivity index (χ0v) is 7.35. The second kappa shape index (κ2) is 4.28. The number of hydrogen-bond donors (Lipinski definition) is 1. The van der Waals surface area contributed by atoms with Crippen LogP contribution in [0.1, 0.15) is 13.3 Å². The Morgan fingerprint density at radius 3 is 3.00 bits per heavy atom. The van der Waals surface area contributed by atoms with E-state index in [1.54, 1.807) is 4.90 Å². The minimum Gasteiger partial charge on any atom is -0.338 e. The molecule has 4 heteroatoms. The van der Waals surface area contributed by atoms with Crippen molar-refractivity contribution in [2.75, 3.05) is 26.3 Å². The number of carbonyl (C=O) groups is 1. The van der Waals surface area contributed by atoms with Gasteiger partial charge in [-0.3, -0.25) is 4.39 Å². The zero-order chi connectivity index (χ0) is 8.97. The van der Waals surface area contributed by atoms with Gasteiger partial charge in [0, 0.05) is 25.6 Å². The number of nitrogens with zero attached hydrogens (tertiary/aromatic N) is 1. The lowest BCUT2D eigenvalue weighted by atomic mass is 10.1. The van der Waals surface area contributed by atoms with Gasteiger partial charge in [0.2, 0.25) is 0 Å². The van der Waals surface area contributed by atoms with Crippen LogP contribution in [0.4, 0.5) is 9.18 Å². The fourth-order valence-corrected chi connectivity index (χ4v) is 1.41. The summed E-state index contributed by atoms with van der Waals surface area (Å²) in [4.78, 5) is 12.9. The van der Waals surface area contributed by atoms with Crippen molar-refractivity contribution >= 4 is 6.03 Å². The van der Waals surface area contributed by atoms with Crippen LogP contribution >= 0.6 is 0 Å². The molecule has 0 saturated carbocycles. The maximum Gasteiger partial charge on any atom is 0.317 e. The maximum atomic E-state index is 12.2. The molecule has 1 heterocycles. The number of rotatable bonds is 2. The van der Waals surface area contributed by atoms with Gasteiger partial charge in [-0.05, 0) is 13.3 Å². The zero-order valence-electron chi connectivity index (χ0n) is 7.35. The number of nitrogens with one attached hydrogen (secondary N) is 1. The minimum absolute atomic E-state index is 0.0616. The number of amides is 2. The van der Waals surface area contributed by atoms with Crippen LogP contribution in [0, 0.1) is 5.92 Å². The Hall–Kier alpha value is -0.800.